The summed E-state index contributed by atoms with van der Waals surface area (Å²) in [5.74, 6) is -0.251. The molecule has 0 radical (unpaired) electrons. The van der Waals surface area contributed by atoms with Crippen molar-refractivity contribution in [3.05, 3.63) is 82.2 Å². The highest BCUT2D eigenvalue weighted by Crippen LogP contribution is 2.38. The molecule has 3 atom stereocenters. The number of rotatable bonds is 16. The van der Waals surface area contributed by atoms with Gasteiger partial charge in [0.25, 0.3) is 0 Å². The Morgan fingerprint density at radius 1 is 0.786 bits per heavy atom. The van der Waals surface area contributed by atoms with Crippen molar-refractivity contribution in [2.24, 2.45) is 5.11 Å². The first-order valence-corrected chi connectivity index (χ1v) is 20.5. The van der Waals surface area contributed by atoms with Crippen molar-refractivity contribution >= 4 is 22.4 Å². The molecule has 0 saturated heterocycles. The summed E-state index contributed by atoms with van der Waals surface area (Å²) in [4.78, 5) is 17.1. The second kappa shape index (κ2) is 15.4. The molecule has 0 aliphatic rings. The maximum absolute atomic E-state index is 14.0. The molecule has 0 amide bonds. The Bertz CT molecular complexity index is 1160. The van der Waals surface area contributed by atoms with Crippen molar-refractivity contribution in [2.45, 2.75) is 109 Å². The zero-order valence-corrected chi connectivity index (χ0v) is 29.2. The molecule has 2 rings (SSSR count). The van der Waals surface area contributed by atoms with E-state index in [1.807, 2.05) is 60.7 Å². The summed E-state index contributed by atoms with van der Waals surface area (Å²) in [5.41, 5.74) is 11.4. The number of hydrogen-bond donors (Lipinski definition) is 0. The van der Waals surface area contributed by atoms with Crippen LogP contribution in [0.5, 0.6) is 0 Å². The van der Waals surface area contributed by atoms with Gasteiger partial charge in [-0.05, 0) is 52.9 Å². The Balaban J connectivity index is 2.47. The molecule has 2 aromatic carbocycles. The maximum Gasteiger partial charge on any atom is 0.192 e. The van der Waals surface area contributed by atoms with Crippen molar-refractivity contribution in [3.8, 4) is 0 Å². The number of carbonyl (C=O) groups excluding carboxylic acids is 1. The molecule has 0 N–H and O–H groups in total. The number of nitrogens with zero attached hydrogens (tertiary/aromatic N) is 3. The number of ether oxygens (including phenoxy) is 2. The van der Waals surface area contributed by atoms with Crippen molar-refractivity contribution in [1.82, 2.24) is 0 Å². The summed E-state index contributed by atoms with van der Waals surface area (Å²) in [6.07, 6.45) is -1.94. The molecule has 42 heavy (non-hydrogen) atoms. The highest BCUT2D eigenvalue weighted by atomic mass is 28.4. The number of azide groups is 1. The molecule has 0 aromatic heterocycles. The minimum atomic E-state index is -2.23. The summed E-state index contributed by atoms with van der Waals surface area (Å²) in [7, 11) is -4.44. The standard InChI is InChI=1S/C32H51N3O5Si2/c1-31(2,3)41(7,8)39-23-27(34-35-33)29(37-21-25-17-13-11-14-18-25)30(38-22-26-19-15-12-16-20-26)28(36)24-40-42(9,10)32(4,5)6/h11-20,27,29-30H,21-24H2,1-10H3/t27-,29-,30+/m1/s1. The zero-order valence-electron chi connectivity index (χ0n) is 27.2. The molecular formula is C32H51N3O5Si2. The van der Waals surface area contributed by atoms with E-state index >= 15 is 0 Å². The van der Waals surface area contributed by atoms with Gasteiger partial charge in [-0.2, -0.15) is 0 Å². The van der Waals surface area contributed by atoms with Gasteiger partial charge in [-0.1, -0.05) is 107 Å². The predicted octanol–water partition coefficient (Wildman–Crippen LogP) is 8.45. The maximum atomic E-state index is 14.0. The average molecular weight is 614 g/mol. The summed E-state index contributed by atoms with van der Waals surface area (Å²) in [5, 5.41) is 4.00. The van der Waals surface area contributed by atoms with Crippen molar-refractivity contribution in [2.75, 3.05) is 13.2 Å². The third-order valence-electron chi connectivity index (χ3n) is 8.56. The van der Waals surface area contributed by atoms with Crippen LogP contribution in [0, 0.1) is 0 Å². The third-order valence-corrected chi connectivity index (χ3v) is 17.5. The Morgan fingerprint density at radius 3 is 1.69 bits per heavy atom. The van der Waals surface area contributed by atoms with E-state index in [2.05, 4.69) is 77.8 Å². The van der Waals surface area contributed by atoms with E-state index in [0.29, 0.717) is 0 Å². The topological polar surface area (TPSA) is 103 Å². The van der Waals surface area contributed by atoms with E-state index in [1.54, 1.807) is 0 Å². The molecule has 8 nitrogen and oxygen atoms in total. The van der Waals surface area contributed by atoms with Gasteiger partial charge in [-0.15, -0.1) is 0 Å². The fraction of sp³-hybridized carbons (Fsp3) is 0.594. The van der Waals surface area contributed by atoms with Crippen LogP contribution < -0.4 is 0 Å². The van der Waals surface area contributed by atoms with Crippen LogP contribution in [0.1, 0.15) is 52.7 Å². The molecule has 0 fully saturated rings. The van der Waals surface area contributed by atoms with Gasteiger partial charge in [-0.3, -0.25) is 4.79 Å². The molecule has 10 heteroatoms. The molecular weight excluding hydrogens is 563 g/mol. The van der Waals surface area contributed by atoms with E-state index in [9.17, 15) is 10.3 Å². The molecule has 0 aliphatic carbocycles. The monoisotopic (exact) mass is 613 g/mol. The molecule has 0 aliphatic heterocycles. The lowest BCUT2D eigenvalue weighted by Crippen LogP contribution is -2.51. The van der Waals surface area contributed by atoms with Gasteiger partial charge in [0.15, 0.2) is 22.4 Å². The quantitative estimate of drug-likeness (QED) is 0.0818. The molecule has 0 heterocycles. The van der Waals surface area contributed by atoms with Gasteiger partial charge in [-0.25, -0.2) is 0 Å². The minimum Gasteiger partial charge on any atom is -0.416 e. The van der Waals surface area contributed by atoms with Crippen LogP contribution in [0.15, 0.2) is 65.8 Å². The number of hydrogen-bond acceptors (Lipinski definition) is 6. The normalized spacial score (nSPS) is 15.0. The van der Waals surface area contributed by atoms with Gasteiger partial charge in [0, 0.05) is 11.5 Å². The molecule has 0 saturated carbocycles. The lowest BCUT2D eigenvalue weighted by molar-refractivity contribution is -0.150. The second-order valence-electron chi connectivity index (χ2n) is 13.8. The van der Waals surface area contributed by atoms with E-state index in [-0.39, 0.29) is 42.3 Å². The highest BCUT2D eigenvalue weighted by molar-refractivity contribution is 6.74. The second-order valence-corrected chi connectivity index (χ2v) is 23.5. The first-order valence-electron chi connectivity index (χ1n) is 14.6. The molecule has 232 valence electrons. The van der Waals surface area contributed by atoms with Crippen LogP contribution in [0.2, 0.25) is 36.3 Å². The third kappa shape index (κ3) is 10.8. The Morgan fingerprint density at radius 2 is 1.24 bits per heavy atom. The summed E-state index contributed by atoms with van der Waals surface area (Å²) >= 11 is 0. The largest absolute Gasteiger partial charge is 0.416 e. The van der Waals surface area contributed by atoms with Crippen molar-refractivity contribution < 1.29 is 23.1 Å². The highest BCUT2D eigenvalue weighted by Gasteiger charge is 2.42. The average Bonchev–Trinajstić information content (AvgIpc) is 2.91. The van der Waals surface area contributed by atoms with Crippen LogP contribution >= 0.6 is 0 Å². The zero-order chi connectivity index (χ0) is 31.6. The number of benzene rings is 2. The lowest BCUT2D eigenvalue weighted by Gasteiger charge is -2.39. The lowest BCUT2D eigenvalue weighted by atomic mass is 10.0. The van der Waals surface area contributed by atoms with Gasteiger partial charge >= 0.3 is 0 Å². The number of Topliss-reactive ketones (excluding diaryl/α,β-unsaturated/α-hetero) is 1. The summed E-state index contributed by atoms with van der Waals surface area (Å²) in [6.45, 7) is 21.8. The number of carbonyl (C=O) groups is 1. The van der Waals surface area contributed by atoms with Gasteiger partial charge in [0.2, 0.25) is 0 Å². The molecule has 0 bridgehead atoms. The van der Waals surface area contributed by atoms with Crippen LogP contribution in [-0.4, -0.2) is 53.9 Å². The van der Waals surface area contributed by atoms with Crippen LogP contribution in [-0.2, 0) is 36.3 Å². The van der Waals surface area contributed by atoms with Gasteiger partial charge in [0.05, 0.1) is 25.9 Å². The minimum absolute atomic E-state index is 0.0513. The Kier molecular flexibility index (Phi) is 13.2. The Hall–Kier alpha value is -2.31. The van der Waals surface area contributed by atoms with Gasteiger partial charge < -0.3 is 18.3 Å². The van der Waals surface area contributed by atoms with E-state index in [0.717, 1.165) is 11.1 Å². The fourth-order valence-electron chi connectivity index (χ4n) is 3.62. The molecule has 0 spiro atoms. The van der Waals surface area contributed by atoms with Gasteiger partial charge in [0.1, 0.15) is 12.2 Å². The van der Waals surface area contributed by atoms with E-state index in [4.69, 9.17) is 18.3 Å². The first kappa shape index (κ1) is 35.9. The first-order chi connectivity index (χ1) is 19.5. The Labute approximate surface area is 255 Å². The van der Waals surface area contributed by atoms with Crippen LogP contribution in [0.3, 0.4) is 0 Å². The fourth-order valence-corrected chi connectivity index (χ4v) is 5.58. The number of ketones is 1. The molecule has 0 unspecified atom stereocenters. The van der Waals surface area contributed by atoms with Crippen LogP contribution in [0.4, 0.5) is 0 Å². The van der Waals surface area contributed by atoms with Crippen LogP contribution in [0.25, 0.3) is 10.4 Å². The predicted molar refractivity (Wildman–Crippen MR) is 174 cm³/mol. The van der Waals surface area contributed by atoms with Crippen molar-refractivity contribution in [1.29, 1.82) is 0 Å². The van der Waals surface area contributed by atoms with E-state index in [1.165, 1.54) is 0 Å². The smallest absolute Gasteiger partial charge is 0.192 e. The van der Waals surface area contributed by atoms with Crippen molar-refractivity contribution in [3.63, 3.8) is 0 Å². The summed E-state index contributed by atoms with van der Waals surface area (Å²) in [6, 6.07) is 18.6. The van der Waals surface area contributed by atoms with E-state index < -0.39 is 34.9 Å². The molecule has 2 aromatic rings. The summed E-state index contributed by atoms with van der Waals surface area (Å²) < 4.78 is 25.6. The SMILES string of the molecule is CC(C)(C)[Si](C)(C)OCC(=O)[C@H](OCc1ccccc1)[C@H](OCc1ccccc1)[C@@H](CO[Si](C)(C)C(C)(C)C)N=[N+]=[N-].